The average Bonchev–Trinajstić information content (AvgIpc) is 2.94. The Kier molecular flexibility index (Phi) is 6.08. The Bertz CT molecular complexity index is 379. The van der Waals surface area contributed by atoms with Crippen LogP contribution in [-0.4, -0.2) is 15.8 Å². The smallest absolute Gasteiger partial charge is 0.0640 e. The second-order valence-electron chi connectivity index (χ2n) is 6.59. The Morgan fingerprint density at radius 3 is 2.80 bits per heavy atom. The lowest BCUT2D eigenvalue weighted by molar-refractivity contribution is 0.322. The summed E-state index contributed by atoms with van der Waals surface area (Å²) in [5, 5.41) is 4.65. The summed E-state index contributed by atoms with van der Waals surface area (Å²) in [6.07, 6.45) is 13.8. The van der Waals surface area contributed by atoms with E-state index in [0.717, 1.165) is 30.9 Å². The minimum Gasteiger partial charge on any atom is -0.327 e. The van der Waals surface area contributed by atoms with Crippen LogP contribution in [0.4, 0.5) is 0 Å². The highest BCUT2D eigenvalue weighted by molar-refractivity contribution is 5.02. The highest BCUT2D eigenvalue weighted by Crippen LogP contribution is 2.27. The Morgan fingerprint density at radius 1 is 1.35 bits per heavy atom. The summed E-state index contributed by atoms with van der Waals surface area (Å²) in [4.78, 5) is 0. The molecule has 1 aromatic rings. The van der Waals surface area contributed by atoms with Crippen molar-refractivity contribution in [1.82, 2.24) is 9.78 Å². The quantitative estimate of drug-likeness (QED) is 0.816. The molecular weight excluding hydrogens is 246 g/mol. The van der Waals surface area contributed by atoms with Crippen LogP contribution in [0.1, 0.15) is 76.9 Å². The first-order chi connectivity index (χ1) is 9.69. The lowest BCUT2D eigenvalue weighted by Crippen LogP contribution is -2.24. The molecule has 2 atom stereocenters. The summed E-state index contributed by atoms with van der Waals surface area (Å²) in [7, 11) is 0. The normalized spacial score (nSPS) is 19.9. The van der Waals surface area contributed by atoms with Gasteiger partial charge in [0.05, 0.1) is 5.69 Å². The number of aromatic nitrogens is 2. The van der Waals surface area contributed by atoms with Gasteiger partial charge in [-0.1, -0.05) is 39.0 Å². The van der Waals surface area contributed by atoms with Crippen LogP contribution in [0, 0.1) is 5.92 Å². The van der Waals surface area contributed by atoms with Crippen molar-refractivity contribution < 1.29 is 0 Å². The molecule has 1 aliphatic rings. The van der Waals surface area contributed by atoms with Crippen molar-refractivity contribution in [3.05, 3.63) is 18.0 Å². The molecule has 2 rings (SSSR count). The summed E-state index contributed by atoms with van der Waals surface area (Å²) in [6.45, 7) is 4.40. The van der Waals surface area contributed by atoms with E-state index in [0.29, 0.717) is 6.04 Å². The molecule has 0 aromatic carbocycles. The molecule has 0 saturated heterocycles. The van der Waals surface area contributed by atoms with Crippen LogP contribution in [0.25, 0.3) is 0 Å². The second kappa shape index (κ2) is 7.82. The number of rotatable bonds is 7. The van der Waals surface area contributed by atoms with E-state index in [2.05, 4.69) is 35.9 Å². The van der Waals surface area contributed by atoms with Gasteiger partial charge in [-0.25, -0.2) is 0 Å². The number of hydrogen-bond acceptors (Lipinski definition) is 2. The number of nitrogens with zero attached hydrogens (tertiary/aromatic N) is 2. The largest absolute Gasteiger partial charge is 0.327 e. The van der Waals surface area contributed by atoms with Crippen molar-refractivity contribution >= 4 is 0 Å². The lowest BCUT2D eigenvalue weighted by Gasteiger charge is -2.22. The van der Waals surface area contributed by atoms with Gasteiger partial charge in [-0.3, -0.25) is 4.68 Å². The molecule has 0 aliphatic heterocycles. The first-order valence-electron chi connectivity index (χ1n) is 8.48. The van der Waals surface area contributed by atoms with E-state index < -0.39 is 0 Å². The van der Waals surface area contributed by atoms with Gasteiger partial charge in [-0.15, -0.1) is 0 Å². The molecule has 3 heteroatoms. The fraction of sp³-hybridized carbons (Fsp3) is 0.824. The van der Waals surface area contributed by atoms with Crippen LogP contribution < -0.4 is 5.73 Å². The van der Waals surface area contributed by atoms with E-state index in [1.165, 1.54) is 38.5 Å². The topological polar surface area (TPSA) is 43.8 Å². The molecule has 1 aromatic heterocycles. The Labute approximate surface area is 123 Å². The zero-order valence-electron chi connectivity index (χ0n) is 13.2. The van der Waals surface area contributed by atoms with Crippen LogP contribution in [-0.2, 0) is 6.42 Å². The van der Waals surface area contributed by atoms with Gasteiger partial charge in [0.2, 0.25) is 0 Å². The van der Waals surface area contributed by atoms with Gasteiger partial charge in [0.25, 0.3) is 0 Å². The summed E-state index contributed by atoms with van der Waals surface area (Å²) in [5.41, 5.74) is 7.45. The minimum absolute atomic E-state index is 0.275. The zero-order valence-corrected chi connectivity index (χ0v) is 13.2. The van der Waals surface area contributed by atoms with E-state index in [9.17, 15) is 0 Å². The third kappa shape index (κ3) is 4.62. The van der Waals surface area contributed by atoms with E-state index in [-0.39, 0.29) is 6.04 Å². The maximum atomic E-state index is 6.29. The van der Waals surface area contributed by atoms with Crippen LogP contribution in [0.3, 0.4) is 0 Å². The van der Waals surface area contributed by atoms with E-state index >= 15 is 0 Å². The van der Waals surface area contributed by atoms with Crippen molar-refractivity contribution in [2.24, 2.45) is 11.7 Å². The van der Waals surface area contributed by atoms with Crippen molar-refractivity contribution in [3.63, 3.8) is 0 Å². The summed E-state index contributed by atoms with van der Waals surface area (Å²) in [6, 6.07) is 2.89. The molecule has 114 valence electrons. The standard InChI is InChI=1S/C17H31N3/c1-3-14(2)20-12-11-17(19-20)13-16(18)10-9-15-7-5-4-6-8-15/h11-12,14-16H,3-10,13,18H2,1-2H3. The molecule has 0 radical (unpaired) electrons. The zero-order chi connectivity index (χ0) is 14.4. The molecule has 20 heavy (non-hydrogen) atoms. The molecule has 0 amide bonds. The maximum Gasteiger partial charge on any atom is 0.0640 e. The van der Waals surface area contributed by atoms with Crippen molar-refractivity contribution in [2.45, 2.75) is 83.7 Å². The monoisotopic (exact) mass is 277 g/mol. The highest BCUT2D eigenvalue weighted by atomic mass is 15.3. The molecule has 3 nitrogen and oxygen atoms in total. The van der Waals surface area contributed by atoms with Crippen molar-refractivity contribution in [2.75, 3.05) is 0 Å². The van der Waals surface area contributed by atoms with Gasteiger partial charge in [-0.2, -0.15) is 5.10 Å². The van der Waals surface area contributed by atoms with E-state index in [4.69, 9.17) is 5.73 Å². The first-order valence-corrected chi connectivity index (χ1v) is 8.48. The highest BCUT2D eigenvalue weighted by Gasteiger charge is 2.15. The Morgan fingerprint density at radius 2 is 2.10 bits per heavy atom. The summed E-state index contributed by atoms with van der Waals surface area (Å²) < 4.78 is 2.07. The summed E-state index contributed by atoms with van der Waals surface area (Å²) >= 11 is 0. The molecule has 1 aliphatic carbocycles. The SMILES string of the molecule is CCC(C)n1ccc(CC(N)CCC2CCCCC2)n1. The predicted octanol–water partition coefficient (Wildman–Crippen LogP) is 4.08. The van der Waals surface area contributed by atoms with Gasteiger partial charge in [-0.05, 0) is 38.2 Å². The molecule has 0 bridgehead atoms. The first kappa shape index (κ1) is 15.6. The van der Waals surface area contributed by atoms with Gasteiger partial charge in [0, 0.05) is 24.7 Å². The predicted molar refractivity (Wildman–Crippen MR) is 84.7 cm³/mol. The third-order valence-electron chi connectivity index (χ3n) is 4.85. The van der Waals surface area contributed by atoms with Gasteiger partial charge < -0.3 is 5.73 Å². The molecule has 2 unspecified atom stereocenters. The number of nitrogens with two attached hydrogens (primary N) is 1. The van der Waals surface area contributed by atoms with Crippen LogP contribution in [0.15, 0.2) is 12.3 Å². The minimum atomic E-state index is 0.275. The molecule has 1 saturated carbocycles. The summed E-state index contributed by atoms with van der Waals surface area (Å²) in [5.74, 6) is 0.937. The van der Waals surface area contributed by atoms with Crippen LogP contribution in [0.5, 0.6) is 0 Å². The van der Waals surface area contributed by atoms with Crippen LogP contribution >= 0.6 is 0 Å². The Hall–Kier alpha value is -0.830. The fourth-order valence-electron chi connectivity index (χ4n) is 3.22. The van der Waals surface area contributed by atoms with E-state index in [1.54, 1.807) is 0 Å². The molecule has 2 N–H and O–H groups in total. The van der Waals surface area contributed by atoms with Crippen LogP contribution in [0.2, 0.25) is 0 Å². The third-order valence-corrected chi connectivity index (χ3v) is 4.85. The maximum absolute atomic E-state index is 6.29. The average molecular weight is 277 g/mol. The number of hydrogen-bond donors (Lipinski definition) is 1. The molecular formula is C17H31N3. The van der Waals surface area contributed by atoms with Crippen molar-refractivity contribution in [1.29, 1.82) is 0 Å². The molecule has 0 spiro atoms. The Balaban J connectivity index is 1.73. The van der Waals surface area contributed by atoms with E-state index in [1.807, 2.05) is 0 Å². The molecule has 1 fully saturated rings. The van der Waals surface area contributed by atoms with Gasteiger partial charge in [0.15, 0.2) is 0 Å². The van der Waals surface area contributed by atoms with Gasteiger partial charge in [0.1, 0.15) is 0 Å². The second-order valence-corrected chi connectivity index (χ2v) is 6.59. The van der Waals surface area contributed by atoms with Gasteiger partial charge >= 0.3 is 0 Å². The molecule has 1 heterocycles. The lowest BCUT2D eigenvalue weighted by atomic mass is 9.85. The van der Waals surface area contributed by atoms with Crippen molar-refractivity contribution in [3.8, 4) is 0 Å². The fourth-order valence-corrected chi connectivity index (χ4v) is 3.22.